The fourth-order valence-corrected chi connectivity index (χ4v) is 2.73. The molecule has 0 aliphatic rings. The van der Waals surface area contributed by atoms with E-state index >= 15 is 0 Å². The molecule has 0 aliphatic heterocycles. The van der Waals surface area contributed by atoms with E-state index in [1.54, 1.807) is 28.6 Å². The molecule has 7 heteroatoms. The van der Waals surface area contributed by atoms with Crippen molar-refractivity contribution >= 4 is 28.3 Å². The molecule has 2 amide bonds. The highest BCUT2D eigenvalue weighted by Crippen LogP contribution is 2.12. The molecule has 24 heavy (non-hydrogen) atoms. The Balaban J connectivity index is 2.02. The molecular weight excluding hydrogens is 329 g/mol. The van der Waals surface area contributed by atoms with Crippen molar-refractivity contribution in [3.8, 4) is 0 Å². The maximum absolute atomic E-state index is 13.0. The Kier molecular flexibility index (Phi) is 6.43. The van der Waals surface area contributed by atoms with Gasteiger partial charge in [-0.1, -0.05) is 19.1 Å². The predicted octanol–water partition coefficient (Wildman–Crippen LogP) is 3.09. The van der Waals surface area contributed by atoms with Crippen LogP contribution >= 0.6 is 11.3 Å². The lowest BCUT2D eigenvalue weighted by Gasteiger charge is -2.28. The molecule has 0 aliphatic carbocycles. The number of benzene rings is 1. The van der Waals surface area contributed by atoms with Crippen LogP contribution in [0.4, 0.5) is 9.52 Å². The highest BCUT2D eigenvalue weighted by atomic mass is 32.1. The minimum absolute atomic E-state index is 0.0331. The van der Waals surface area contributed by atoms with E-state index in [0.717, 1.165) is 12.0 Å². The molecule has 0 fully saturated rings. The molecule has 5 nitrogen and oxygen atoms in total. The van der Waals surface area contributed by atoms with Gasteiger partial charge in [0.1, 0.15) is 12.4 Å². The van der Waals surface area contributed by atoms with E-state index in [1.807, 2.05) is 13.8 Å². The fraction of sp³-hybridized carbons (Fsp3) is 0.353. The van der Waals surface area contributed by atoms with Gasteiger partial charge in [-0.2, -0.15) is 0 Å². The molecule has 1 atom stereocenters. The first-order valence-electron chi connectivity index (χ1n) is 7.72. The molecule has 1 unspecified atom stereocenters. The molecule has 1 aromatic carbocycles. The first kappa shape index (κ1) is 18.1. The zero-order valence-electron chi connectivity index (χ0n) is 13.7. The molecular formula is C17H20FN3O2S. The van der Waals surface area contributed by atoms with Gasteiger partial charge >= 0.3 is 0 Å². The molecule has 2 rings (SSSR count). The smallest absolute Gasteiger partial charge is 0.245 e. The molecule has 1 N–H and O–H groups in total. The predicted molar refractivity (Wildman–Crippen MR) is 92.3 cm³/mol. The van der Waals surface area contributed by atoms with E-state index in [9.17, 15) is 14.0 Å². The molecule has 0 bridgehead atoms. The van der Waals surface area contributed by atoms with Crippen LogP contribution in [0.25, 0.3) is 0 Å². The third-order valence-electron chi connectivity index (χ3n) is 3.70. The lowest BCUT2D eigenvalue weighted by Crippen LogP contribution is -2.44. The first-order chi connectivity index (χ1) is 11.5. The number of hydrogen-bond acceptors (Lipinski definition) is 4. The van der Waals surface area contributed by atoms with E-state index in [4.69, 9.17) is 0 Å². The van der Waals surface area contributed by atoms with Crippen LogP contribution in [0.5, 0.6) is 0 Å². The second-order valence-electron chi connectivity index (χ2n) is 5.47. The summed E-state index contributed by atoms with van der Waals surface area (Å²) in [6.07, 6.45) is 2.47. The van der Waals surface area contributed by atoms with Crippen LogP contribution in [-0.4, -0.2) is 34.3 Å². The molecule has 0 saturated heterocycles. The highest BCUT2D eigenvalue weighted by Gasteiger charge is 2.22. The number of aromatic nitrogens is 1. The van der Waals surface area contributed by atoms with Gasteiger partial charge in [0, 0.05) is 17.6 Å². The number of anilines is 1. The molecule has 0 spiro atoms. The Morgan fingerprint density at radius 1 is 1.33 bits per heavy atom. The van der Waals surface area contributed by atoms with E-state index in [0.29, 0.717) is 5.13 Å². The summed E-state index contributed by atoms with van der Waals surface area (Å²) >= 11 is 1.32. The van der Waals surface area contributed by atoms with Gasteiger partial charge in [0.2, 0.25) is 11.8 Å². The molecule has 1 aromatic heterocycles. The number of nitrogens with zero attached hydrogens (tertiary/aromatic N) is 2. The van der Waals surface area contributed by atoms with Crippen molar-refractivity contribution in [2.24, 2.45) is 0 Å². The largest absolute Gasteiger partial charge is 0.330 e. The van der Waals surface area contributed by atoms with Gasteiger partial charge in [0.15, 0.2) is 5.13 Å². The third kappa shape index (κ3) is 5.13. The van der Waals surface area contributed by atoms with Crippen molar-refractivity contribution in [2.45, 2.75) is 32.7 Å². The van der Waals surface area contributed by atoms with Crippen LogP contribution in [-0.2, 0) is 16.0 Å². The summed E-state index contributed by atoms with van der Waals surface area (Å²) < 4.78 is 13.0. The summed E-state index contributed by atoms with van der Waals surface area (Å²) in [5.41, 5.74) is 0.718. The minimum atomic E-state index is -0.340. The van der Waals surface area contributed by atoms with Gasteiger partial charge < -0.3 is 10.2 Å². The number of nitrogens with one attached hydrogen (secondary N) is 1. The van der Waals surface area contributed by atoms with Crippen LogP contribution < -0.4 is 5.32 Å². The van der Waals surface area contributed by atoms with Gasteiger partial charge in [-0.05, 0) is 31.0 Å². The fourth-order valence-electron chi connectivity index (χ4n) is 2.19. The van der Waals surface area contributed by atoms with E-state index < -0.39 is 0 Å². The number of rotatable bonds is 7. The Labute approximate surface area is 144 Å². The summed E-state index contributed by atoms with van der Waals surface area (Å²) in [4.78, 5) is 30.3. The monoisotopic (exact) mass is 349 g/mol. The average Bonchev–Trinajstić information content (AvgIpc) is 3.06. The number of carbonyl (C=O) groups excluding carboxylic acids is 2. The first-order valence-corrected chi connectivity index (χ1v) is 8.60. The van der Waals surface area contributed by atoms with Crippen molar-refractivity contribution in [2.75, 3.05) is 11.9 Å². The van der Waals surface area contributed by atoms with Crippen molar-refractivity contribution in [3.05, 3.63) is 47.2 Å². The molecule has 2 aromatic rings. The lowest BCUT2D eigenvalue weighted by atomic mass is 10.1. The highest BCUT2D eigenvalue weighted by molar-refractivity contribution is 7.13. The van der Waals surface area contributed by atoms with Gasteiger partial charge in [0.05, 0.1) is 6.42 Å². The Morgan fingerprint density at radius 2 is 2.04 bits per heavy atom. The third-order valence-corrected chi connectivity index (χ3v) is 4.39. The van der Waals surface area contributed by atoms with E-state index in [2.05, 4.69) is 10.3 Å². The van der Waals surface area contributed by atoms with Crippen LogP contribution in [0.2, 0.25) is 0 Å². The van der Waals surface area contributed by atoms with Crippen molar-refractivity contribution in [1.29, 1.82) is 0 Å². The normalized spacial score (nSPS) is 11.8. The van der Waals surface area contributed by atoms with Gasteiger partial charge in [-0.15, -0.1) is 11.3 Å². The van der Waals surface area contributed by atoms with E-state index in [-0.39, 0.29) is 36.6 Å². The average molecular weight is 349 g/mol. The number of carbonyl (C=O) groups is 2. The number of amides is 2. The maximum Gasteiger partial charge on any atom is 0.245 e. The zero-order chi connectivity index (χ0) is 17.5. The van der Waals surface area contributed by atoms with Crippen LogP contribution in [0.1, 0.15) is 25.8 Å². The van der Waals surface area contributed by atoms with Crippen molar-refractivity contribution < 1.29 is 14.0 Å². The Hall–Kier alpha value is -2.28. The quantitative estimate of drug-likeness (QED) is 0.835. The number of halogens is 1. The summed E-state index contributed by atoms with van der Waals surface area (Å²) in [5, 5.41) is 4.96. The van der Waals surface area contributed by atoms with Gasteiger partial charge in [-0.25, -0.2) is 9.37 Å². The van der Waals surface area contributed by atoms with Crippen LogP contribution in [0.3, 0.4) is 0 Å². The van der Waals surface area contributed by atoms with E-state index in [1.165, 1.54) is 23.5 Å². The summed E-state index contributed by atoms with van der Waals surface area (Å²) in [6.45, 7) is 3.83. The molecule has 128 valence electrons. The summed E-state index contributed by atoms with van der Waals surface area (Å²) in [6, 6.07) is 5.74. The van der Waals surface area contributed by atoms with Crippen LogP contribution in [0, 0.1) is 5.82 Å². The van der Waals surface area contributed by atoms with Gasteiger partial charge in [-0.3, -0.25) is 9.59 Å². The Bertz CT molecular complexity index is 674. The molecule has 0 radical (unpaired) electrons. The van der Waals surface area contributed by atoms with Crippen LogP contribution in [0.15, 0.2) is 35.8 Å². The topological polar surface area (TPSA) is 62.3 Å². The minimum Gasteiger partial charge on any atom is -0.330 e. The zero-order valence-corrected chi connectivity index (χ0v) is 14.5. The standard InChI is InChI=1S/C17H20FN3O2S/c1-3-12(2)21(11-15(22)20-17-19-8-9-24-17)16(23)10-13-4-6-14(18)7-5-13/h4-9,12H,3,10-11H2,1-2H3,(H,19,20,22). The lowest BCUT2D eigenvalue weighted by molar-refractivity contribution is -0.136. The number of thiazole rings is 1. The van der Waals surface area contributed by atoms with Crippen molar-refractivity contribution in [3.63, 3.8) is 0 Å². The SMILES string of the molecule is CCC(C)N(CC(=O)Nc1nccs1)C(=O)Cc1ccc(F)cc1. The van der Waals surface area contributed by atoms with Crippen molar-refractivity contribution in [1.82, 2.24) is 9.88 Å². The maximum atomic E-state index is 13.0. The number of hydrogen-bond donors (Lipinski definition) is 1. The molecule has 0 saturated carbocycles. The summed E-state index contributed by atoms with van der Waals surface area (Å²) in [7, 11) is 0. The second-order valence-corrected chi connectivity index (χ2v) is 6.36. The second kappa shape index (κ2) is 8.54. The summed E-state index contributed by atoms with van der Waals surface area (Å²) in [5.74, 6) is -0.782. The molecule has 1 heterocycles. The Morgan fingerprint density at radius 3 is 2.62 bits per heavy atom. The van der Waals surface area contributed by atoms with Gasteiger partial charge in [0.25, 0.3) is 0 Å².